The Kier molecular flexibility index (Phi) is 6.48. The molecule has 4 rings (SSSR count). The Bertz CT molecular complexity index is 928. The standard InChI is InChI=1S/C23H28N4O4/c1-24-11-5-6-19(17-24)25-12-14-26(15-13-25)23(28)21-16-18(27(29)30)9-10-22(21)31-20-7-3-2-4-8-20/h2-4,7-10,16,19H,5-6,11-15,17H2,1H3. The highest BCUT2D eigenvalue weighted by Gasteiger charge is 2.30. The number of non-ortho nitro benzene ring substituents is 1. The highest BCUT2D eigenvalue weighted by Crippen LogP contribution is 2.30. The van der Waals surface area contributed by atoms with Crippen molar-refractivity contribution in [2.24, 2.45) is 0 Å². The van der Waals surface area contributed by atoms with E-state index < -0.39 is 4.92 Å². The van der Waals surface area contributed by atoms with Crippen molar-refractivity contribution < 1.29 is 14.5 Å². The summed E-state index contributed by atoms with van der Waals surface area (Å²) in [6.07, 6.45) is 2.40. The number of benzene rings is 2. The maximum absolute atomic E-state index is 13.3. The van der Waals surface area contributed by atoms with Gasteiger partial charge >= 0.3 is 0 Å². The Hall–Kier alpha value is -2.97. The zero-order chi connectivity index (χ0) is 21.8. The van der Waals surface area contributed by atoms with Crippen molar-refractivity contribution in [3.8, 4) is 11.5 Å². The second-order valence-corrected chi connectivity index (χ2v) is 8.24. The number of piperidine rings is 1. The van der Waals surface area contributed by atoms with Crippen molar-refractivity contribution in [3.63, 3.8) is 0 Å². The molecule has 2 saturated heterocycles. The lowest BCUT2D eigenvalue weighted by Crippen LogP contribution is -2.55. The number of hydrogen-bond donors (Lipinski definition) is 0. The van der Waals surface area contributed by atoms with Crippen LogP contribution in [-0.2, 0) is 0 Å². The molecule has 1 unspecified atom stereocenters. The number of likely N-dealkylation sites (tertiary alicyclic amines) is 1. The van der Waals surface area contributed by atoms with E-state index in [0.717, 1.165) is 26.2 Å². The number of amides is 1. The summed E-state index contributed by atoms with van der Waals surface area (Å²) in [5.74, 6) is 0.685. The van der Waals surface area contributed by atoms with Crippen LogP contribution >= 0.6 is 0 Å². The third-order valence-corrected chi connectivity index (χ3v) is 6.09. The number of rotatable bonds is 5. The molecule has 0 saturated carbocycles. The molecular weight excluding hydrogens is 396 g/mol. The number of piperazine rings is 1. The predicted octanol–water partition coefficient (Wildman–Crippen LogP) is 3.24. The summed E-state index contributed by atoms with van der Waals surface area (Å²) in [5.41, 5.74) is 0.108. The van der Waals surface area contributed by atoms with Gasteiger partial charge in [0.2, 0.25) is 0 Å². The first-order valence-electron chi connectivity index (χ1n) is 10.7. The summed E-state index contributed by atoms with van der Waals surface area (Å²) >= 11 is 0. The molecule has 2 heterocycles. The van der Waals surface area contributed by atoms with E-state index in [4.69, 9.17) is 4.74 Å². The van der Waals surface area contributed by atoms with Gasteiger partial charge in [-0.05, 0) is 44.6 Å². The van der Waals surface area contributed by atoms with Gasteiger partial charge in [0.25, 0.3) is 11.6 Å². The summed E-state index contributed by atoms with van der Waals surface area (Å²) in [5, 5.41) is 11.3. The average molecular weight is 425 g/mol. The summed E-state index contributed by atoms with van der Waals surface area (Å²) in [4.78, 5) is 30.7. The second kappa shape index (κ2) is 9.45. The van der Waals surface area contributed by atoms with Crippen LogP contribution in [-0.4, -0.2) is 77.9 Å². The molecule has 2 aromatic carbocycles. The molecule has 0 radical (unpaired) electrons. The van der Waals surface area contributed by atoms with E-state index in [-0.39, 0.29) is 17.2 Å². The lowest BCUT2D eigenvalue weighted by molar-refractivity contribution is -0.384. The van der Waals surface area contributed by atoms with Crippen molar-refractivity contribution >= 4 is 11.6 Å². The first-order valence-corrected chi connectivity index (χ1v) is 10.7. The Morgan fingerprint density at radius 1 is 1.06 bits per heavy atom. The van der Waals surface area contributed by atoms with Gasteiger partial charge in [-0.25, -0.2) is 0 Å². The van der Waals surface area contributed by atoms with Crippen molar-refractivity contribution in [1.29, 1.82) is 0 Å². The SMILES string of the molecule is CN1CCCC(N2CCN(C(=O)c3cc([N+](=O)[O-])ccc3Oc3ccccc3)CC2)C1. The molecule has 0 N–H and O–H groups in total. The van der Waals surface area contributed by atoms with E-state index in [1.807, 2.05) is 18.2 Å². The molecule has 0 spiro atoms. The van der Waals surface area contributed by atoms with Gasteiger partial charge in [0.1, 0.15) is 11.5 Å². The van der Waals surface area contributed by atoms with Gasteiger partial charge in [0.05, 0.1) is 10.5 Å². The first kappa shape index (κ1) is 21.3. The fourth-order valence-corrected chi connectivity index (χ4v) is 4.40. The number of carbonyl (C=O) groups is 1. The minimum absolute atomic E-state index is 0.118. The third kappa shape index (κ3) is 5.03. The molecular formula is C23H28N4O4. The van der Waals surface area contributed by atoms with E-state index in [9.17, 15) is 14.9 Å². The van der Waals surface area contributed by atoms with Gasteiger partial charge in [-0.2, -0.15) is 0 Å². The fourth-order valence-electron chi connectivity index (χ4n) is 4.40. The highest BCUT2D eigenvalue weighted by atomic mass is 16.6. The second-order valence-electron chi connectivity index (χ2n) is 8.24. The molecule has 2 aliphatic rings. The molecule has 8 heteroatoms. The average Bonchev–Trinajstić information content (AvgIpc) is 2.79. The molecule has 0 bridgehead atoms. The molecule has 2 fully saturated rings. The Morgan fingerprint density at radius 3 is 2.48 bits per heavy atom. The minimum atomic E-state index is -0.486. The van der Waals surface area contributed by atoms with Crippen LogP contribution in [0.4, 0.5) is 5.69 Å². The van der Waals surface area contributed by atoms with Gasteiger partial charge in [-0.15, -0.1) is 0 Å². The van der Waals surface area contributed by atoms with Crippen LogP contribution in [0.5, 0.6) is 11.5 Å². The quantitative estimate of drug-likeness (QED) is 0.542. The zero-order valence-electron chi connectivity index (χ0n) is 17.8. The van der Waals surface area contributed by atoms with Crippen molar-refractivity contribution in [1.82, 2.24) is 14.7 Å². The van der Waals surface area contributed by atoms with E-state index in [1.165, 1.54) is 31.0 Å². The Balaban J connectivity index is 1.49. The Morgan fingerprint density at radius 2 is 1.81 bits per heavy atom. The first-order chi connectivity index (χ1) is 15.0. The molecule has 0 aliphatic carbocycles. The molecule has 164 valence electrons. The number of hydrogen-bond acceptors (Lipinski definition) is 6. The summed E-state index contributed by atoms with van der Waals surface area (Å²) in [6, 6.07) is 13.9. The smallest absolute Gasteiger partial charge is 0.270 e. The van der Waals surface area contributed by atoms with Gasteiger partial charge in [-0.1, -0.05) is 18.2 Å². The van der Waals surface area contributed by atoms with Gasteiger partial charge < -0.3 is 14.5 Å². The molecule has 1 atom stereocenters. The lowest BCUT2D eigenvalue weighted by atomic mass is 10.0. The van der Waals surface area contributed by atoms with E-state index in [0.29, 0.717) is 30.6 Å². The van der Waals surface area contributed by atoms with E-state index >= 15 is 0 Å². The maximum Gasteiger partial charge on any atom is 0.270 e. The highest BCUT2D eigenvalue weighted by molar-refractivity contribution is 5.97. The van der Waals surface area contributed by atoms with Crippen molar-refractivity contribution in [3.05, 3.63) is 64.2 Å². The monoisotopic (exact) mass is 424 g/mol. The minimum Gasteiger partial charge on any atom is -0.457 e. The summed E-state index contributed by atoms with van der Waals surface area (Å²) < 4.78 is 5.90. The van der Waals surface area contributed by atoms with E-state index in [2.05, 4.69) is 16.8 Å². The van der Waals surface area contributed by atoms with Gasteiger partial charge in [0, 0.05) is 50.9 Å². The fraction of sp³-hybridized carbons (Fsp3) is 0.435. The molecule has 1 amide bonds. The van der Waals surface area contributed by atoms with Crippen LogP contribution in [0.15, 0.2) is 48.5 Å². The summed E-state index contributed by atoms with van der Waals surface area (Å²) in [7, 11) is 2.16. The number of likely N-dealkylation sites (N-methyl/N-ethyl adjacent to an activating group) is 1. The van der Waals surface area contributed by atoms with Crippen LogP contribution < -0.4 is 4.74 Å². The van der Waals surface area contributed by atoms with Crippen LogP contribution in [0.2, 0.25) is 0 Å². The molecule has 8 nitrogen and oxygen atoms in total. The molecule has 2 aromatic rings. The number of nitro groups is 1. The van der Waals surface area contributed by atoms with E-state index in [1.54, 1.807) is 17.0 Å². The van der Waals surface area contributed by atoms with Crippen molar-refractivity contribution in [2.45, 2.75) is 18.9 Å². The van der Waals surface area contributed by atoms with Crippen LogP contribution in [0.25, 0.3) is 0 Å². The van der Waals surface area contributed by atoms with Crippen LogP contribution in [0.1, 0.15) is 23.2 Å². The molecule has 0 aromatic heterocycles. The Labute approximate surface area is 182 Å². The number of nitro benzene ring substituents is 1. The normalized spacial score (nSPS) is 20.4. The summed E-state index contributed by atoms with van der Waals surface area (Å²) in [6.45, 7) is 5.04. The lowest BCUT2D eigenvalue weighted by Gasteiger charge is -2.42. The number of para-hydroxylation sites is 1. The predicted molar refractivity (Wildman–Crippen MR) is 118 cm³/mol. The maximum atomic E-state index is 13.3. The molecule has 31 heavy (non-hydrogen) atoms. The zero-order valence-corrected chi connectivity index (χ0v) is 17.8. The topological polar surface area (TPSA) is 79.2 Å². The van der Waals surface area contributed by atoms with Crippen LogP contribution in [0, 0.1) is 10.1 Å². The van der Waals surface area contributed by atoms with Gasteiger partial charge in [-0.3, -0.25) is 19.8 Å². The number of carbonyl (C=O) groups excluding carboxylic acids is 1. The third-order valence-electron chi connectivity index (χ3n) is 6.09. The number of ether oxygens (including phenoxy) is 1. The van der Waals surface area contributed by atoms with Crippen molar-refractivity contribution in [2.75, 3.05) is 46.3 Å². The molecule has 2 aliphatic heterocycles. The van der Waals surface area contributed by atoms with Crippen LogP contribution in [0.3, 0.4) is 0 Å². The largest absolute Gasteiger partial charge is 0.457 e. The van der Waals surface area contributed by atoms with Gasteiger partial charge in [0.15, 0.2) is 0 Å². The number of nitrogens with zero attached hydrogens (tertiary/aromatic N) is 4.